The minimum Gasteiger partial charge on any atom is -0.465 e. The second-order valence-electron chi connectivity index (χ2n) is 4.91. The van der Waals surface area contributed by atoms with Crippen molar-refractivity contribution in [1.29, 1.82) is 0 Å². The van der Waals surface area contributed by atoms with Gasteiger partial charge in [0.15, 0.2) is 4.34 Å². The van der Waals surface area contributed by atoms with Crippen LogP contribution >= 0.6 is 23.1 Å². The van der Waals surface area contributed by atoms with Crippen LogP contribution in [0, 0.1) is 0 Å². The summed E-state index contributed by atoms with van der Waals surface area (Å²) in [5.41, 5.74) is -0.779. The first-order chi connectivity index (χ1) is 12.2. The number of ether oxygens (including phenoxy) is 1. The van der Waals surface area contributed by atoms with Crippen LogP contribution in [0.4, 0.5) is 18.3 Å². The number of esters is 1. The number of benzene rings is 1. The van der Waals surface area contributed by atoms with Crippen LogP contribution in [0.25, 0.3) is 0 Å². The number of carbonyl (C=O) groups excluding carboxylic acids is 2. The maximum atomic E-state index is 12.5. The highest BCUT2D eigenvalue weighted by Crippen LogP contribution is 2.31. The molecule has 1 amide bonds. The van der Waals surface area contributed by atoms with E-state index in [0.29, 0.717) is 4.34 Å². The summed E-state index contributed by atoms with van der Waals surface area (Å²) >= 11 is 2.18. The van der Waals surface area contributed by atoms with Gasteiger partial charge in [0.25, 0.3) is 5.91 Å². The fraction of sp³-hybridized carbons (Fsp3) is 0.333. The number of nitrogens with zero attached hydrogens (tertiary/aromatic N) is 2. The maximum Gasteiger partial charge on any atom is 0.416 e. The molecule has 0 saturated heterocycles. The number of carbonyl (C=O) groups is 2. The van der Waals surface area contributed by atoms with Crippen LogP contribution in [0.1, 0.15) is 29.8 Å². The number of anilines is 1. The predicted molar refractivity (Wildman–Crippen MR) is 91.3 cm³/mol. The lowest BCUT2D eigenvalue weighted by Crippen LogP contribution is -2.16. The Bertz CT molecular complexity index is 778. The maximum absolute atomic E-state index is 12.5. The molecule has 0 aliphatic rings. The van der Waals surface area contributed by atoms with Crippen LogP contribution in [-0.2, 0) is 15.7 Å². The molecule has 140 valence electrons. The third kappa shape index (κ3) is 5.43. The zero-order chi connectivity index (χ0) is 19.3. The zero-order valence-electron chi connectivity index (χ0n) is 13.7. The number of rotatable bonds is 6. The van der Waals surface area contributed by atoms with E-state index in [2.05, 4.69) is 15.5 Å². The predicted octanol–water partition coefficient (Wildman–Crippen LogP) is 3.85. The normalized spacial score (nSPS) is 12.5. The fourth-order valence-electron chi connectivity index (χ4n) is 1.75. The van der Waals surface area contributed by atoms with Gasteiger partial charge in [-0.1, -0.05) is 23.1 Å². The minimum absolute atomic E-state index is 0.0577. The number of aromatic nitrogens is 2. The Morgan fingerprint density at radius 3 is 2.50 bits per heavy atom. The van der Waals surface area contributed by atoms with Crippen LogP contribution in [-0.4, -0.2) is 33.9 Å². The minimum atomic E-state index is -4.46. The summed E-state index contributed by atoms with van der Waals surface area (Å²) in [4.78, 5) is 23.6. The van der Waals surface area contributed by atoms with E-state index >= 15 is 0 Å². The molecular formula is C15H14F3N3O3S2. The molecule has 1 atom stereocenters. The quantitative estimate of drug-likeness (QED) is 0.447. The van der Waals surface area contributed by atoms with Gasteiger partial charge in [-0.2, -0.15) is 13.2 Å². The smallest absolute Gasteiger partial charge is 0.416 e. The van der Waals surface area contributed by atoms with Crippen molar-refractivity contribution in [3.63, 3.8) is 0 Å². The van der Waals surface area contributed by atoms with E-state index in [-0.39, 0.29) is 23.3 Å². The molecule has 26 heavy (non-hydrogen) atoms. The molecule has 11 heteroatoms. The highest BCUT2D eigenvalue weighted by molar-refractivity contribution is 8.02. The largest absolute Gasteiger partial charge is 0.465 e. The number of thioether (sulfide) groups is 1. The third-order valence-corrected chi connectivity index (χ3v) is 5.00. The summed E-state index contributed by atoms with van der Waals surface area (Å²) in [5.74, 6) is -0.993. The first kappa shape index (κ1) is 20.2. The van der Waals surface area contributed by atoms with Crippen molar-refractivity contribution in [2.24, 2.45) is 0 Å². The van der Waals surface area contributed by atoms with E-state index < -0.39 is 22.9 Å². The highest BCUT2D eigenvalue weighted by atomic mass is 32.2. The first-order valence-electron chi connectivity index (χ1n) is 7.36. The average molecular weight is 405 g/mol. The van der Waals surface area contributed by atoms with Crippen molar-refractivity contribution >= 4 is 40.1 Å². The van der Waals surface area contributed by atoms with Gasteiger partial charge >= 0.3 is 12.1 Å². The van der Waals surface area contributed by atoms with Crippen LogP contribution < -0.4 is 5.32 Å². The van der Waals surface area contributed by atoms with Crippen LogP contribution in [0.15, 0.2) is 28.6 Å². The van der Waals surface area contributed by atoms with Crippen molar-refractivity contribution in [3.05, 3.63) is 35.4 Å². The number of amides is 1. The monoisotopic (exact) mass is 405 g/mol. The molecule has 0 spiro atoms. The highest BCUT2D eigenvalue weighted by Gasteiger charge is 2.30. The van der Waals surface area contributed by atoms with Crippen molar-refractivity contribution in [2.75, 3.05) is 11.9 Å². The van der Waals surface area contributed by atoms with Gasteiger partial charge in [-0.15, -0.1) is 10.2 Å². The van der Waals surface area contributed by atoms with Crippen molar-refractivity contribution < 1.29 is 27.5 Å². The molecule has 2 rings (SSSR count). The van der Waals surface area contributed by atoms with E-state index in [4.69, 9.17) is 4.74 Å². The van der Waals surface area contributed by atoms with Crippen molar-refractivity contribution in [3.8, 4) is 0 Å². The number of halogens is 3. The van der Waals surface area contributed by atoms with Gasteiger partial charge in [0.05, 0.1) is 12.2 Å². The molecule has 2 aromatic rings. The molecule has 0 saturated carbocycles. The average Bonchev–Trinajstić information content (AvgIpc) is 3.01. The summed E-state index contributed by atoms with van der Waals surface area (Å²) in [5, 5.41) is 9.78. The lowest BCUT2D eigenvalue weighted by Gasteiger charge is -2.07. The molecule has 1 aromatic heterocycles. The Hall–Kier alpha value is -2.14. The lowest BCUT2D eigenvalue weighted by molar-refractivity contribution is -0.142. The molecule has 0 radical (unpaired) electrons. The molecule has 1 N–H and O–H groups in total. The van der Waals surface area contributed by atoms with E-state index in [1.54, 1.807) is 13.8 Å². The molecule has 0 unspecified atom stereocenters. The van der Waals surface area contributed by atoms with Gasteiger partial charge < -0.3 is 4.74 Å². The van der Waals surface area contributed by atoms with Crippen LogP contribution in [0.5, 0.6) is 0 Å². The summed E-state index contributed by atoms with van der Waals surface area (Å²) < 4.78 is 42.9. The van der Waals surface area contributed by atoms with Crippen LogP contribution in [0.2, 0.25) is 0 Å². The molecule has 0 fully saturated rings. The van der Waals surface area contributed by atoms with Gasteiger partial charge in [0.1, 0.15) is 5.25 Å². The van der Waals surface area contributed by atoms with Gasteiger partial charge in [-0.3, -0.25) is 14.9 Å². The summed E-state index contributed by atoms with van der Waals surface area (Å²) in [7, 11) is 0. The molecule has 0 aliphatic carbocycles. The van der Waals surface area contributed by atoms with E-state index in [1.165, 1.54) is 0 Å². The van der Waals surface area contributed by atoms with E-state index in [9.17, 15) is 22.8 Å². The molecule has 0 bridgehead atoms. The Morgan fingerprint density at radius 1 is 1.27 bits per heavy atom. The zero-order valence-corrected chi connectivity index (χ0v) is 15.3. The molecule has 1 heterocycles. The number of nitrogens with one attached hydrogen (secondary N) is 1. The summed E-state index contributed by atoms with van der Waals surface area (Å²) in [6, 6.07) is 3.82. The molecule has 6 nitrogen and oxygen atoms in total. The van der Waals surface area contributed by atoms with E-state index in [0.717, 1.165) is 47.4 Å². The third-order valence-electron chi connectivity index (χ3n) is 3.00. The molecule has 1 aromatic carbocycles. The Balaban J connectivity index is 1.98. The molecular weight excluding hydrogens is 391 g/mol. The van der Waals surface area contributed by atoms with E-state index in [1.807, 2.05) is 0 Å². The van der Waals surface area contributed by atoms with Gasteiger partial charge in [0.2, 0.25) is 5.13 Å². The number of hydrogen-bond acceptors (Lipinski definition) is 7. The number of hydrogen-bond donors (Lipinski definition) is 1. The van der Waals surface area contributed by atoms with Crippen molar-refractivity contribution in [2.45, 2.75) is 29.6 Å². The second kappa shape index (κ2) is 8.49. The Labute approximate surface area is 155 Å². The van der Waals surface area contributed by atoms with Gasteiger partial charge in [0, 0.05) is 5.56 Å². The topological polar surface area (TPSA) is 81.2 Å². The Kier molecular flexibility index (Phi) is 6.59. The summed E-state index contributed by atoms with van der Waals surface area (Å²) in [6.07, 6.45) is -4.46. The van der Waals surface area contributed by atoms with Gasteiger partial charge in [-0.05, 0) is 38.1 Å². The fourth-order valence-corrected chi connectivity index (χ4v) is 3.64. The first-order valence-corrected chi connectivity index (χ1v) is 9.05. The number of alkyl halides is 3. The lowest BCUT2D eigenvalue weighted by atomic mass is 10.1. The standard InChI is InChI=1S/C15H14F3N3O3S2/c1-3-24-12(23)8(2)25-14-21-20-13(26-14)19-11(22)9-4-6-10(7-5-9)15(16,17)18/h4-8H,3H2,1-2H3,(H,19,20,22)/t8-/m0/s1. The summed E-state index contributed by atoms with van der Waals surface area (Å²) in [6.45, 7) is 3.63. The second-order valence-corrected chi connectivity index (χ2v) is 7.48. The Morgan fingerprint density at radius 2 is 1.92 bits per heavy atom. The van der Waals surface area contributed by atoms with Crippen molar-refractivity contribution in [1.82, 2.24) is 10.2 Å². The SMILES string of the molecule is CCOC(=O)[C@H](C)Sc1nnc(NC(=O)c2ccc(C(F)(F)F)cc2)s1. The van der Waals surface area contributed by atoms with Gasteiger partial charge in [-0.25, -0.2) is 0 Å². The van der Waals surface area contributed by atoms with Crippen LogP contribution in [0.3, 0.4) is 0 Å². The molecule has 0 aliphatic heterocycles.